The van der Waals surface area contributed by atoms with Gasteiger partial charge in [-0.1, -0.05) is 51.0 Å². The first kappa shape index (κ1) is 32.0. The molecule has 36 heavy (non-hydrogen) atoms. The lowest BCUT2D eigenvalue weighted by atomic mass is 9.73. The number of carbonyl (C=O) groups excluding carboxylic acids is 1. The van der Waals surface area contributed by atoms with Crippen LogP contribution in [-0.2, 0) is 14.0 Å². The monoisotopic (exact) mass is 503 g/mol. The lowest BCUT2D eigenvalue weighted by molar-refractivity contribution is 0.00578. The number of nitrogens with zero attached hydrogens (tertiary/aromatic N) is 1. The fourth-order valence-corrected chi connectivity index (χ4v) is 3.94. The van der Waals surface area contributed by atoms with Crippen LogP contribution in [0.5, 0.6) is 0 Å². The fraction of sp³-hybridized carbons (Fsp3) is 0.679. The van der Waals surface area contributed by atoms with Gasteiger partial charge < -0.3 is 24.4 Å². The van der Waals surface area contributed by atoms with Crippen molar-refractivity contribution < 1.29 is 18.8 Å². The zero-order chi connectivity index (χ0) is 27.5. The van der Waals surface area contributed by atoms with Gasteiger partial charge in [0, 0.05) is 20.6 Å². The van der Waals surface area contributed by atoms with E-state index in [1.165, 1.54) is 0 Å². The number of hydrogen-bond donors (Lipinski definition) is 2. The maximum absolute atomic E-state index is 12.4. The summed E-state index contributed by atoms with van der Waals surface area (Å²) in [5.41, 5.74) is 10.6. The first-order valence-electron chi connectivity index (χ1n) is 13.3. The van der Waals surface area contributed by atoms with Gasteiger partial charge in [0.25, 0.3) is 0 Å². The second-order valence-corrected chi connectivity index (χ2v) is 10.4. The largest absolute Gasteiger partial charge is 0.495 e. The molecule has 0 saturated carbocycles. The predicted octanol–water partition coefficient (Wildman–Crippen LogP) is 6.10. The first-order valence-corrected chi connectivity index (χ1v) is 13.3. The van der Waals surface area contributed by atoms with E-state index in [0.717, 1.165) is 53.6 Å². The molecule has 1 rings (SSSR count). The van der Waals surface area contributed by atoms with Gasteiger partial charge in [0.15, 0.2) is 0 Å². The van der Waals surface area contributed by atoms with Crippen LogP contribution in [0.2, 0.25) is 0 Å². The molecule has 7 nitrogen and oxygen atoms in total. The summed E-state index contributed by atoms with van der Waals surface area (Å²) in [6.45, 7) is 19.6. The van der Waals surface area contributed by atoms with Crippen LogP contribution in [0.15, 0.2) is 46.1 Å². The number of nitrogens with one attached hydrogen (secondary N) is 2. The van der Waals surface area contributed by atoms with Crippen molar-refractivity contribution in [2.75, 3.05) is 27.2 Å². The normalized spacial score (nSPS) is 18.8. The minimum atomic E-state index is -0.447. The van der Waals surface area contributed by atoms with E-state index in [-0.39, 0.29) is 12.7 Å². The Labute approximate surface area is 220 Å². The Morgan fingerprint density at radius 1 is 1.00 bits per heavy atom. The van der Waals surface area contributed by atoms with Crippen molar-refractivity contribution in [3.8, 4) is 0 Å². The van der Waals surface area contributed by atoms with E-state index in [1.807, 2.05) is 14.0 Å². The Morgan fingerprint density at radius 2 is 1.61 bits per heavy atom. The molecule has 0 aromatic carbocycles. The number of hydrazine groups is 1. The molecule has 0 atom stereocenters. The third kappa shape index (κ3) is 8.82. The Morgan fingerprint density at radius 3 is 2.11 bits per heavy atom. The molecule has 0 unspecified atom stereocenters. The molecule has 0 aromatic rings. The SMILES string of the molecule is CC/C=C(C)/C(=C\C=C(C)\C(NNC)=C(\CCC)COC(=O)N(C)CCC)B1OC(C)(C)C(C)(C)O1. The number of hydrogen-bond acceptors (Lipinski definition) is 6. The van der Waals surface area contributed by atoms with Crippen molar-refractivity contribution in [3.05, 3.63) is 46.1 Å². The Kier molecular flexibility index (Phi) is 13.0. The molecule has 1 saturated heterocycles. The van der Waals surface area contributed by atoms with Crippen molar-refractivity contribution in [1.29, 1.82) is 0 Å². The molecule has 0 aliphatic carbocycles. The minimum Gasteiger partial charge on any atom is -0.445 e. The van der Waals surface area contributed by atoms with Gasteiger partial charge in [-0.3, -0.25) is 0 Å². The van der Waals surface area contributed by atoms with Crippen LogP contribution in [0.4, 0.5) is 4.79 Å². The maximum atomic E-state index is 12.4. The minimum absolute atomic E-state index is 0.235. The molecule has 1 aliphatic rings. The van der Waals surface area contributed by atoms with E-state index in [9.17, 15) is 4.79 Å². The molecule has 1 fully saturated rings. The third-order valence-electron chi connectivity index (χ3n) is 6.78. The number of rotatable bonds is 13. The highest BCUT2D eigenvalue weighted by atomic mass is 16.7. The number of ether oxygens (including phenoxy) is 1. The van der Waals surface area contributed by atoms with Crippen molar-refractivity contribution in [2.24, 2.45) is 0 Å². The summed E-state index contributed by atoms with van der Waals surface area (Å²) in [6.07, 6.45) is 9.61. The molecule has 1 aliphatic heterocycles. The second-order valence-electron chi connectivity index (χ2n) is 10.4. The summed E-state index contributed by atoms with van der Waals surface area (Å²) in [5, 5.41) is 0. The average molecular weight is 504 g/mol. The van der Waals surface area contributed by atoms with E-state index < -0.39 is 18.3 Å². The molecule has 8 heteroatoms. The van der Waals surface area contributed by atoms with Gasteiger partial charge in [0.1, 0.15) is 6.61 Å². The van der Waals surface area contributed by atoms with Gasteiger partial charge in [-0.25, -0.2) is 10.2 Å². The second kappa shape index (κ2) is 14.6. The maximum Gasteiger partial charge on any atom is 0.495 e. The van der Waals surface area contributed by atoms with E-state index in [1.54, 1.807) is 11.9 Å². The van der Waals surface area contributed by atoms with Crippen molar-refractivity contribution in [3.63, 3.8) is 0 Å². The molecular weight excluding hydrogens is 453 g/mol. The molecule has 0 radical (unpaired) electrons. The van der Waals surface area contributed by atoms with Crippen molar-refractivity contribution >= 4 is 13.2 Å². The predicted molar refractivity (Wildman–Crippen MR) is 150 cm³/mol. The Hall–Kier alpha value is -2.03. The number of allylic oxidation sites excluding steroid dienone is 6. The number of carbonyl (C=O) groups is 1. The molecule has 204 valence electrons. The van der Waals surface area contributed by atoms with Crippen molar-refractivity contribution in [2.45, 2.75) is 99.2 Å². The van der Waals surface area contributed by atoms with Crippen LogP contribution < -0.4 is 10.9 Å². The summed E-state index contributed by atoms with van der Waals surface area (Å²) in [5.74, 6) is 0. The lowest BCUT2D eigenvalue weighted by Gasteiger charge is -2.32. The van der Waals surface area contributed by atoms with Crippen molar-refractivity contribution in [1.82, 2.24) is 15.8 Å². The number of amides is 1. The Bertz CT molecular complexity index is 843. The average Bonchev–Trinajstić information content (AvgIpc) is 3.01. The van der Waals surface area contributed by atoms with E-state index in [4.69, 9.17) is 14.0 Å². The molecule has 0 bridgehead atoms. The molecule has 0 aromatic heterocycles. The van der Waals surface area contributed by atoms with Crippen LogP contribution in [0, 0.1) is 0 Å². The molecule has 2 N–H and O–H groups in total. The van der Waals surface area contributed by atoms with Gasteiger partial charge in [-0.2, -0.15) is 0 Å². The van der Waals surface area contributed by atoms with Gasteiger partial charge in [-0.15, -0.1) is 0 Å². The summed E-state index contributed by atoms with van der Waals surface area (Å²) in [4.78, 5) is 14.0. The summed E-state index contributed by atoms with van der Waals surface area (Å²) in [7, 11) is 3.15. The van der Waals surface area contributed by atoms with Crippen LogP contribution >= 0.6 is 0 Å². The van der Waals surface area contributed by atoms with E-state index >= 15 is 0 Å². The summed E-state index contributed by atoms with van der Waals surface area (Å²) >= 11 is 0. The Balaban J connectivity index is 3.38. The highest BCUT2D eigenvalue weighted by molar-refractivity contribution is 6.56. The van der Waals surface area contributed by atoms with E-state index in [0.29, 0.717) is 6.54 Å². The highest BCUT2D eigenvalue weighted by Crippen LogP contribution is 2.39. The van der Waals surface area contributed by atoms with Crippen LogP contribution in [0.3, 0.4) is 0 Å². The molecular formula is C28H50BN3O4. The van der Waals surface area contributed by atoms with Gasteiger partial charge in [-0.05, 0) is 77.4 Å². The van der Waals surface area contributed by atoms with Gasteiger partial charge in [0.05, 0.1) is 16.9 Å². The zero-order valence-corrected chi connectivity index (χ0v) is 24.6. The van der Waals surface area contributed by atoms with Crippen LogP contribution in [-0.4, -0.2) is 56.6 Å². The summed E-state index contributed by atoms with van der Waals surface area (Å²) in [6, 6.07) is 0. The van der Waals surface area contributed by atoms with Crippen LogP contribution in [0.1, 0.15) is 88.0 Å². The first-order chi connectivity index (χ1) is 16.8. The standard InChI is InChI=1S/C28H50BN3O4/c1-12-15-21(4)24(29-35-27(6,7)28(8,9)36-29)18-17-22(5)25(31-30-10)23(16-13-2)20-34-26(33)32(11)19-14-3/h15,17-18,30-31H,12-14,16,19-20H2,1-11H3/b21-15+,22-17+,24-18+,25-23+. The fourth-order valence-electron chi connectivity index (χ4n) is 3.94. The third-order valence-corrected chi connectivity index (χ3v) is 6.78. The smallest absolute Gasteiger partial charge is 0.445 e. The molecule has 1 heterocycles. The molecule has 0 spiro atoms. The topological polar surface area (TPSA) is 72.1 Å². The van der Waals surface area contributed by atoms with Gasteiger partial charge in [0.2, 0.25) is 0 Å². The lowest BCUT2D eigenvalue weighted by Crippen LogP contribution is -2.41. The quantitative estimate of drug-likeness (QED) is 0.180. The zero-order valence-electron chi connectivity index (χ0n) is 24.6. The van der Waals surface area contributed by atoms with Gasteiger partial charge >= 0.3 is 13.2 Å². The molecule has 1 amide bonds. The summed E-state index contributed by atoms with van der Waals surface area (Å²) < 4.78 is 18.4. The van der Waals surface area contributed by atoms with Crippen LogP contribution in [0.25, 0.3) is 0 Å². The van der Waals surface area contributed by atoms with E-state index in [2.05, 4.69) is 84.5 Å². The highest BCUT2D eigenvalue weighted by Gasteiger charge is 2.52.